The van der Waals surface area contributed by atoms with E-state index in [0.717, 1.165) is 25.5 Å². The third-order valence-electron chi connectivity index (χ3n) is 6.58. The zero-order valence-corrected chi connectivity index (χ0v) is 19.7. The molecule has 1 aromatic carbocycles. The number of aromatic hydroxyl groups is 1. The number of rotatable bonds is 10. The van der Waals surface area contributed by atoms with E-state index in [4.69, 9.17) is 0 Å². The molecular weight excluding hydrogens is 412 g/mol. The van der Waals surface area contributed by atoms with Crippen molar-refractivity contribution in [1.29, 1.82) is 0 Å². The minimum absolute atomic E-state index is 0.252. The predicted molar refractivity (Wildman–Crippen MR) is 130 cm³/mol. The van der Waals surface area contributed by atoms with Crippen molar-refractivity contribution in [2.24, 2.45) is 0 Å². The first-order chi connectivity index (χ1) is 16.1. The van der Waals surface area contributed by atoms with Crippen molar-refractivity contribution in [3.8, 4) is 5.75 Å². The van der Waals surface area contributed by atoms with Crippen LogP contribution in [-0.2, 0) is 26.2 Å². The zero-order valence-electron chi connectivity index (χ0n) is 19.7. The predicted octanol–water partition coefficient (Wildman–Crippen LogP) is 3.68. The number of aromatic nitrogens is 3. The first-order valence-electron chi connectivity index (χ1n) is 11.9. The summed E-state index contributed by atoms with van der Waals surface area (Å²) in [6.07, 6.45) is 10.4. The van der Waals surface area contributed by atoms with Gasteiger partial charge in [-0.15, -0.1) is 0 Å². The summed E-state index contributed by atoms with van der Waals surface area (Å²) in [7, 11) is 4.30. The molecule has 3 N–H and O–H groups in total. The topological polar surface area (TPSA) is 80.3 Å². The molecule has 0 spiro atoms. The molecular formula is C26H36N6O. The van der Waals surface area contributed by atoms with Crippen LogP contribution in [0.2, 0.25) is 0 Å². The summed E-state index contributed by atoms with van der Waals surface area (Å²) >= 11 is 0. The maximum atomic E-state index is 9.95. The van der Waals surface area contributed by atoms with E-state index < -0.39 is 0 Å². The van der Waals surface area contributed by atoms with E-state index in [1.807, 2.05) is 12.4 Å². The van der Waals surface area contributed by atoms with Gasteiger partial charge in [-0.05, 0) is 50.2 Å². The monoisotopic (exact) mass is 448 g/mol. The molecule has 1 saturated carbocycles. The largest absolute Gasteiger partial charge is 0.506 e. The molecule has 1 fully saturated rings. The summed E-state index contributed by atoms with van der Waals surface area (Å²) in [5, 5.41) is 13.7. The van der Waals surface area contributed by atoms with E-state index in [1.54, 1.807) is 18.3 Å². The molecule has 7 heteroatoms. The van der Waals surface area contributed by atoms with Gasteiger partial charge in [0.1, 0.15) is 11.6 Å². The standard InChI is InChI=1S/C26H36N6O/c1-31(19-23-25(33)8-5-13-27-23)17-20-9-11-21(12-10-20)18-32(2)24-7-4-3-6-22(24)30-16-26-28-14-15-29-26/h5,8-15,22,24,30,33H,3-4,6-7,16-19H2,1-2H3,(H,28,29). The lowest BCUT2D eigenvalue weighted by Gasteiger charge is -2.38. The highest BCUT2D eigenvalue weighted by Crippen LogP contribution is 2.24. The molecule has 0 aliphatic heterocycles. The van der Waals surface area contributed by atoms with Gasteiger partial charge in [0.25, 0.3) is 0 Å². The van der Waals surface area contributed by atoms with E-state index in [1.165, 1.54) is 36.8 Å². The molecule has 2 aromatic heterocycles. The number of imidazole rings is 1. The fourth-order valence-corrected chi connectivity index (χ4v) is 4.83. The van der Waals surface area contributed by atoms with Gasteiger partial charge in [-0.1, -0.05) is 37.1 Å². The highest BCUT2D eigenvalue weighted by molar-refractivity contribution is 5.25. The van der Waals surface area contributed by atoms with E-state index in [2.05, 4.69) is 68.4 Å². The summed E-state index contributed by atoms with van der Waals surface area (Å²) in [6, 6.07) is 13.4. The fraction of sp³-hybridized carbons (Fsp3) is 0.462. The van der Waals surface area contributed by atoms with Crippen molar-refractivity contribution >= 4 is 0 Å². The van der Waals surface area contributed by atoms with Crippen LogP contribution in [0.5, 0.6) is 5.75 Å². The van der Waals surface area contributed by atoms with Crippen LogP contribution < -0.4 is 5.32 Å². The number of hydrogen-bond donors (Lipinski definition) is 3. The molecule has 0 saturated heterocycles. The molecule has 0 amide bonds. The Kier molecular flexibility index (Phi) is 8.10. The van der Waals surface area contributed by atoms with Gasteiger partial charge in [0.05, 0.1) is 12.2 Å². The van der Waals surface area contributed by atoms with Crippen molar-refractivity contribution in [2.75, 3.05) is 14.1 Å². The molecule has 0 bridgehead atoms. The maximum Gasteiger partial charge on any atom is 0.138 e. The van der Waals surface area contributed by atoms with Crippen molar-refractivity contribution in [1.82, 2.24) is 30.1 Å². The first-order valence-corrected chi connectivity index (χ1v) is 11.9. The Morgan fingerprint density at radius 2 is 1.73 bits per heavy atom. The molecule has 0 radical (unpaired) electrons. The van der Waals surface area contributed by atoms with E-state index in [-0.39, 0.29) is 5.75 Å². The van der Waals surface area contributed by atoms with Gasteiger partial charge in [-0.2, -0.15) is 0 Å². The summed E-state index contributed by atoms with van der Waals surface area (Å²) in [5.74, 6) is 1.25. The SMILES string of the molecule is CN(Cc1ccc(CN(C)C2CCCCC2NCc2ncc[nH]2)cc1)Cc1ncccc1O. The summed E-state index contributed by atoms with van der Waals surface area (Å²) in [5.41, 5.74) is 3.30. The average molecular weight is 449 g/mol. The number of nitrogens with one attached hydrogen (secondary N) is 2. The molecule has 1 aliphatic rings. The normalized spacial score (nSPS) is 18.8. The highest BCUT2D eigenvalue weighted by Gasteiger charge is 2.28. The number of nitrogens with zero attached hydrogens (tertiary/aromatic N) is 4. The number of aromatic amines is 1. The Labute approximate surface area is 196 Å². The maximum absolute atomic E-state index is 9.95. The van der Waals surface area contributed by atoms with E-state index in [9.17, 15) is 5.11 Å². The van der Waals surface area contributed by atoms with Crippen molar-refractivity contribution in [3.05, 3.63) is 77.6 Å². The average Bonchev–Trinajstić information content (AvgIpc) is 3.34. The second kappa shape index (κ2) is 11.4. The molecule has 1 aliphatic carbocycles. The van der Waals surface area contributed by atoms with Crippen LogP contribution >= 0.6 is 0 Å². The van der Waals surface area contributed by atoms with Crippen LogP contribution in [0, 0.1) is 0 Å². The molecule has 2 heterocycles. The summed E-state index contributed by atoms with van der Waals surface area (Å²) < 4.78 is 0. The van der Waals surface area contributed by atoms with Gasteiger partial charge in [0.15, 0.2) is 0 Å². The molecule has 4 rings (SSSR count). The van der Waals surface area contributed by atoms with Crippen molar-refractivity contribution < 1.29 is 5.11 Å². The number of hydrogen-bond acceptors (Lipinski definition) is 6. The first kappa shape index (κ1) is 23.4. The Balaban J connectivity index is 1.29. The second-order valence-corrected chi connectivity index (χ2v) is 9.25. The van der Waals surface area contributed by atoms with Gasteiger partial charge >= 0.3 is 0 Å². The Morgan fingerprint density at radius 3 is 2.45 bits per heavy atom. The van der Waals surface area contributed by atoms with Crippen LogP contribution in [0.15, 0.2) is 55.0 Å². The molecule has 3 aromatic rings. The van der Waals surface area contributed by atoms with E-state index >= 15 is 0 Å². The van der Waals surface area contributed by atoms with Crippen LogP contribution in [0.4, 0.5) is 0 Å². The van der Waals surface area contributed by atoms with Gasteiger partial charge in [0, 0.05) is 50.3 Å². The van der Waals surface area contributed by atoms with Crippen LogP contribution in [0.1, 0.15) is 48.3 Å². The number of pyridine rings is 1. The lowest BCUT2D eigenvalue weighted by Crippen LogP contribution is -2.50. The Hall–Kier alpha value is -2.74. The van der Waals surface area contributed by atoms with Gasteiger partial charge in [0.2, 0.25) is 0 Å². The fourth-order valence-electron chi connectivity index (χ4n) is 4.83. The molecule has 7 nitrogen and oxygen atoms in total. The Morgan fingerprint density at radius 1 is 0.970 bits per heavy atom. The Bertz CT molecular complexity index is 975. The van der Waals surface area contributed by atoms with Gasteiger partial charge in [-0.25, -0.2) is 4.98 Å². The van der Waals surface area contributed by atoms with Crippen LogP contribution in [0.3, 0.4) is 0 Å². The molecule has 2 atom stereocenters. The lowest BCUT2D eigenvalue weighted by molar-refractivity contribution is 0.142. The summed E-state index contributed by atoms with van der Waals surface area (Å²) in [4.78, 5) is 16.5. The van der Waals surface area contributed by atoms with Crippen LogP contribution in [0.25, 0.3) is 0 Å². The summed E-state index contributed by atoms with van der Waals surface area (Å²) in [6.45, 7) is 3.17. The third kappa shape index (κ3) is 6.63. The second-order valence-electron chi connectivity index (χ2n) is 9.25. The molecule has 176 valence electrons. The lowest BCUT2D eigenvalue weighted by atomic mass is 9.89. The van der Waals surface area contributed by atoms with E-state index in [0.29, 0.717) is 24.3 Å². The van der Waals surface area contributed by atoms with Gasteiger partial charge in [-0.3, -0.25) is 14.8 Å². The van der Waals surface area contributed by atoms with Crippen molar-refractivity contribution in [2.45, 2.75) is 63.9 Å². The minimum Gasteiger partial charge on any atom is -0.506 e. The van der Waals surface area contributed by atoms with Crippen LogP contribution in [-0.4, -0.2) is 56.0 Å². The third-order valence-corrected chi connectivity index (χ3v) is 6.58. The smallest absolute Gasteiger partial charge is 0.138 e. The number of likely N-dealkylation sites (N-methyl/N-ethyl adjacent to an activating group) is 1. The number of H-pyrrole nitrogens is 1. The zero-order chi connectivity index (χ0) is 23.0. The van der Waals surface area contributed by atoms with Gasteiger partial charge < -0.3 is 15.4 Å². The minimum atomic E-state index is 0.252. The van der Waals surface area contributed by atoms with Crippen molar-refractivity contribution in [3.63, 3.8) is 0 Å². The highest BCUT2D eigenvalue weighted by atomic mass is 16.3. The molecule has 33 heavy (non-hydrogen) atoms. The molecule has 2 unspecified atom stereocenters. The number of benzene rings is 1. The quantitative estimate of drug-likeness (QED) is 0.439.